The largest absolute Gasteiger partial charge is 0.446 e. The van der Waals surface area contributed by atoms with Crippen LogP contribution in [0.5, 0.6) is 0 Å². The number of urea groups is 1. The Bertz CT molecular complexity index is 913. The average Bonchev–Trinajstić information content (AvgIpc) is 2.76. The molecule has 0 fully saturated rings. The molecule has 2 rings (SSSR count). The molecule has 2 aromatic rings. The van der Waals surface area contributed by atoms with Crippen LogP contribution in [0.1, 0.15) is 24.2 Å². The monoisotopic (exact) mass is 409 g/mol. The molecule has 2 aromatic carbocycles. The summed E-state index contributed by atoms with van der Waals surface area (Å²) in [6.07, 6.45) is 1.55. The van der Waals surface area contributed by atoms with E-state index in [9.17, 15) is 19.2 Å². The summed E-state index contributed by atoms with van der Waals surface area (Å²) >= 11 is 0. The Balaban J connectivity index is 2.03. The van der Waals surface area contributed by atoms with Crippen LogP contribution in [-0.2, 0) is 19.1 Å². The van der Waals surface area contributed by atoms with Crippen molar-refractivity contribution in [2.24, 2.45) is 0 Å². The average molecular weight is 409 g/mol. The molecule has 4 amide bonds. The van der Waals surface area contributed by atoms with Crippen LogP contribution in [0.4, 0.5) is 4.79 Å². The minimum atomic E-state index is -1.35. The van der Waals surface area contributed by atoms with Crippen LogP contribution in [-0.4, -0.2) is 36.9 Å². The second kappa shape index (κ2) is 11.2. The van der Waals surface area contributed by atoms with Crippen molar-refractivity contribution in [3.05, 3.63) is 77.9 Å². The van der Waals surface area contributed by atoms with Crippen molar-refractivity contribution < 1.29 is 23.9 Å². The van der Waals surface area contributed by atoms with E-state index in [1.807, 2.05) is 30.3 Å². The van der Waals surface area contributed by atoms with Gasteiger partial charge in [-0.2, -0.15) is 0 Å². The van der Waals surface area contributed by atoms with E-state index >= 15 is 0 Å². The zero-order chi connectivity index (χ0) is 21.9. The van der Waals surface area contributed by atoms with Crippen LogP contribution in [0.3, 0.4) is 0 Å². The quantitative estimate of drug-likeness (QED) is 0.478. The summed E-state index contributed by atoms with van der Waals surface area (Å²) in [6, 6.07) is 15.7. The van der Waals surface area contributed by atoms with E-state index in [0.29, 0.717) is 5.56 Å². The molecule has 0 aliphatic heterocycles. The van der Waals surface area contributed by atoms with Crippen molar-refractivity contribution in [1.29, 1.82) is 0 Å². The van der Waals surface area contributed by atoms with Gasteiger partial charge in [0.25, 0.3) is 5.91 Å². The molecule has 0 spiro atoms. The predicted molar refractivity (Wildman–Crippen MR) is 111 cm³/mol. The summed E-state index contributed by atoms with van der Waals surface area (Å²) in [5.74, 6) is -2.12. The van der Waals surface area contributed by atoms with Crippen LogP contribution in [0.15, 0.2) is 66.7 Å². The molecule has 156 valence electrons. The lowest BCUT2D eigenvalue weighted by atomic mass is 10.1. The topological polar surface area (TPSA) is 114 Å². The van der Waals surface area contributed by atoms with Crippen molar-refractivity contribution in [2.45, 2.75) is 19.1 Å². The second-order valence-corrected chi connectivity index (χ2v) is 6.27. The maximum absolute atomic E-state index is 12.5. The van der Waals surface area contributed by atoms with E-state index in [-0.39, 0.29) is 0 Å². The van der Waals surface area contributed by atoms with E-state index in [0.717, 1.165) is 5.56 Å². The lowest BCUT2D eigenvalue weighted by Gasteiger charge is -2.20. The summed E-state index contributed by atoms with van der Waals surface area (Å²) in [5.41, 5.74) is 1.22. The number of hydrogen-bond donors (Lipinski definition) is 3. The number of carbonyl (C=O) groups is 4. The van der Waals surface area contributed by atoms with Gasteiger partial charge < -0.3 is 15.4 Å². The summed E-state index contributed by atoms with van der Waals surface area (Å²) in [4.78, 5) is 48.4. The SMILES string of the molecule is CNC(=O)NC(=O)[C@@H](OC(=O)[C@H](C)NC(=O)/C=C/c1ccccc1)c1ccccc1. The standard InChI is InChI=1S/C22H23N3O5/c1-15(24-18(26)14-13-16-9-5-3-6-10-16)21(28)30-19(17-11-7-4-8-12-17)20(27)25-22(29)23-2/h3-15,19H,1-2H3,(H,24,26)(H2,23,25,27,29)/b14-13+/t15-,19-/m0/s1. The number of rotatable bonds is 7. The van der Waals surface area contributed by atoms with E-state index in [1.54, 1.807) is 36.4 Å². The number of nitrogens with one attached hydrogen (secondary N) is 3. The Kier molecular flexibility index (Phi) is 8.31. The Morgan fingerprint density at radius 3 is 2.13 bits per heavy atom. The molecule has 2 atom stereocenters. The molecule has 0 saturated heterocycles. The van der Waals surface area contributed by atoms with E-state index < -0.39 is 36.0 Å². The predicted octanol–water partition coefficient (Wildman–Crippen LogP) is 1.94. The van der Waals surface area contributed by atoms with Crippen LogP contribution in [0, 0.1) is 0 Å². The zero-order valence-electron chi connectivity index (χ0n) is 16.6. The molecule has 3 N–H and O–H groups in total. The minimum Gasteiger partial charge on any atom is -0.446 e. The van der Waals surface area contributed by atoms with Crippen LogP contribution in [0.25, 0.3) is 6.08 Å². The molecule has 0 unspecified atom stereocenters. The highest BCUT2D eigenvalue weighted by Crippen LogP contribution is 2.18. The molecular formula is C22H23N3O5. The van der Waals surface area contributed by atoms with Gasteiger partial charge in [-0.3, -0.25) is 14.9 Å². The highest BCUT2D eigenvalue weighted by atomic mass is 16.5. The van der Waals surface area contributed by atoms with Crippen molar-refractivity contribution in [2.75, 3.05) is 7.05 Å². The fraction of sp³-hybridized carbons (Fsp3) is 0.182. The summed E-state index contributed by atoms with van der Waals surface area (Å²) in [5, 5.41) is 6.83. The molecular weight excluding hydrogens is 386 g/mol. The smallest absolute Gasteiger partial charge is 0.329 e. The van der Waals surface area contributed by atoms with Crippen LogP contribution < -0.4 is 16.0 Å². The number of hydrogen-bond acceptors (Lipinski definition) is 5. The van der Waals surface area contributed by atoms with Gasteiger partial charge in [-0.05, 0) is 18.6 Å². The van der Waals surface area contributed by atoms with Crippen LogP contribution in [0.2, 0.25) is 0 Å². The summed E-state index contributed by atoms with van der Waals surface area (Å²) in [7, 11) is 1.35. The summed E-state index contributed by atoms with van der Waals surface area (Å²) in [6.45, 7) is 1.44. The molecule has 30 heavy (non-hydrogen) atoms. The Morgan fingerprint density at radius 1 is 0.933 bits per heavy atom. The van der Waals surface area contributed by atoms with Crippen molar-refractivity contribution in [3.8, 4) is 0 Å². The van der Waals surface area contributed by atoms with Gasteiger partial charge >= 0.3 is 12.0 Å². The van der Waals surface area contributed by atoms with Crippen molar-refractivity contribution in [1.82, 2.24) is 16.0 Å². The Morgan fingerprint density at radius 2 is 1.53 bits per heavy atom. The highest BCUT2D eigenvalue weighted by molar-refractivity contribution is 5.98. The van der Waals surface area contributed by atoms with Crippen molar-refractivity contribution >= 4 is 29.9 Å². The molecule has 8 nitrogen and oxygen atoms in total. The van der Waals surface area contributed by atoms with Gasteiger partial charge in [0, 0.05) is 18.7 Å². The highest BCUT2D eigenvalue weighted by Gasteiger charge is 2.28. The Labute approximate surface area is 174 Å². The first-order chi connectivity index (χ1) is 14.4. The van der Waals surface area contributed by atoms with E-state index in [4.69, 9.17) is 4.74 Å². The first-order valence-corrected chi connectivity index (χ1v) is 9.22. The van der Waals surface area contributed by atoms with Gasteiger partial charge in [0.1, 0.15) is 6.04 Å². The fourth-order valence-corrected chi connectivity index (χ4v) is 2.42. The van der Waals surface area contributed by atoms with Crippen LogP contribution >= 0.6 is 0 Å². The summed E-state index contributed by atoms with van der Waals surface area (Å²) < 4.78 is 5.30. The molecule has 0 radical (unpaired) electrons. The molecule has 0 heterocycles. The number of carbonyl (C=O) groups excluding carboxylic acids is 4. The van der Waals surface area contributed by atoms with Gasteiger partial charge in [0.2, 0.25) is 12.0 Å². The zero-order valence-corrected chi connectivity index (χ0v) is 16.6. The normalized spacial score (nSPS) is 12.5. The molecule has 8 heteroatoms. The third-order valence-electron chi connectivity index (χ3n) is 3.98. The van der Waals surface area contributed by atoms with Gasteiger partial charge in [-0.15, -0.1) is 0 Å². The maximum atomic E-state index is 12.5. The van der Waals surface area contributed by atoms with E-state index in [1.165, 1.54) is 20.0 Å². The number of ether oxygens (including phenoxy) is 1. The lowest BCUT2D eigenvalue weighted by molar-refractivity contribution is -0.158. The third-order valence-corrected chi connectivity index (χ3v) is 3.98. The maximum Gasteiger partial charge on any atom is 0.329 e. The molecule has 0 bridgehead atoms. The number of amides is 4. The molecule has 0 aliphatic carbocycles. The lowest BCUT2D eigenvalue weighted by Crippen LogP contribution is -2.44. The third kappa shape index (κ3) is 6.90. The number of esters is 1. The Hall–Kier alpha value is -3.94. The number of imide groups is 1. The molecule has 0 aliphatic rings. The van der Waals surface area contributed by atoms with Crippen molar-refractivity contribution in [3.63, 3.8) is 0 Å². The fourth-order valence-electron chi connectivity index (χ4n) is 2.42. The van der Waals surface area contributed by atoms with Gasteiger partial charge in [0.15, 0.2) is 0 Å². The molecule has 0 saturated carbocycles. The first-order valence-electron chi connectivity index (χ1n) is 9.22. The van der Waals surface area contributed by atoms with E-state index in [2.05, 4.69) is 16.0 Å². The first kappa shape index (κ1) is 22.4. The number of benzene rings is 2. The molecule has 0 aromatic heterocycles. The van der Waals surface area contributed by atoms with Gasteiger partial charge in [-0.1, -0.05) is 60.7 Å². The van der Waals surface area contributed by atoms with Gasteiger partial charge in [-0.25, -0.2) is 9.59 Å². The van der Waals surface area contributed by atoms with Gasteiger partial charge in [0.05, 0.1) is 0 Å². The second-order valence-electron chi connectivity index (χ2n) is 6.27. The minimum absolute atomic E-state index is 0.384.